The number of nitrogens with zero attached hydrogens (tertiary/aromatic N) is 1. The summed E-state index contributed by atoms with van der Waals surface area (Å²) in [6.07, 6.45) is 1.74. The van der Waals surface area contributed by atoms with Gasteiger partial charge in [0, 0.05) is 50.6 Å². The van der Waals surface area contributed by atoms with Crippen LogP contribution in [0.4, 0.5) is 16.2 Å². The molecule has 1 aliphatic heterocycles. The number of aryl methyl sites for hydroxylation is 1. The molecule has 1 aliphatic rings. The first-order valence-corrected chi connectivity index (χ1v) is 9.99. The minimum atomic E-state index is -0.190. The number of anilines is 2. The van der Waals surface area contributed by atoms with Crippen molar-refractivity contribution in [3.8, 4) is 5.75 Å². The number of carbonyl (C=O) groups is 1. The van der Waals surface area contributed by atoms with Crippen LogP contribution in [-0.2, 0) is 10.2 Å². The molecule has 3 rings (SSSR count). The lowest BCUT2D eigenvalue weighted by Crippen LogP contribution is -2.45. The molecule has 1 heterocycles. The van der Waals surface area contributed by atoms with Crippen LogP contribution in [0.2, 0.25) is 0 Å². The first-order chi connectivity index (χ1) is 13.9. The number of hydrogen-bond donors (Lipinski definition) is 2. The molecular formula is C23H31N3O3. The van der Waals surface area contributed by atoms with Crippen molar-refractivity contribution in [3.63, 3.8) is 0 Å². The van der Waals surface area contributed by atoms with Crippen molar-refractivity contribution in [2.45, 2.75) is 25.2 Å². The summed E-state index contributed by atoms with van der Waals surface area (Å²) in [5.41, 5.74) is 4.02. The fourth-order valence-corrected chi connectivity index (χ4v) is 3.76. The van der Waals surface area contributed by atoms with E-state index in [-0.39, 0.29) is 11.4 Å². The zero-order valence-electron chi connectivity index (χ0n) is 17.7. The molecule has 1 fully saturated rings. The molecule has 0 aromatic heterocycles. The minimum Gasteiger partial charge on any atom is -0.497 e. The lowest BCUT2D eigenvalue weighted by molar-refractivity contribution is 0.0508. The molecule has 0 radical (unpaired) electrons. The van der Waals surface area contributed by atoms with Crippen molar-refractivity contribution in [1.82, 2.24) is 5.32 Å². The molecule has 156 valence electrons. The summed E-state index contributed by atoms with van der Waals surface area (Å²) in [6, 6.07) is 13.9. The third-order valence-electron chi connectivity index (χ3n) is 5.71. The lowest BCUT2D eigenvalue weighted by atomic mass is 9.74. The molecule has 2 aromatic carbocycles. The van der Waals surface area contributed by atoms with Gasteiger partial charge in [0.25, 0.3) is 0 Å². The summed E-state index contributed by atoms with van der Waals surface area (Å²) >= 11 is 0. The number of methoxy groups -OCH3 is 1. The highest BCUT2D eigenvalue weighted by Gasteiger charge is 2.35. The fraction of sp³-hybridized carbons (Fsp3) is 0.435. The average molecular weight is 398 g/mol. The quantitative estimate of drug-likeness (QED) is 0.775. The van der Waals surface area contributed by atoms with Crippen LogP contribution >= 0.6 is 0 Å². The molecule has 0 spiro atoms. The van der Waals surface area contributed by atoms with Crippen LogP contribution in [0.15, 0.2) is 42.5 Å². The number of rotatable bonds is 6. The maximum absolute atomic E-state index is 12.6. The van der Waals surface area contributed by atoms with Crippen molar-refractivity contribution >= 4 is 17.4 Å². The highest BCUT2D eigenvalue weighted by molar-refractivity contribution is 5.90. The summed E-state index contributed by atoms with van der Waals surface area (Å²) in [5.74, 6) is 0.832. The second-order valence-corrected chi connectivity index (χ2v) is 7.82. The van der Waals surface area contributed by atoms with Crippen molar-refractivity contribution < 1.29 is 14.3 Å². The molecule has 2 aromatic rings. The highest BCUT2D eigenvalue weighted by Crippen LogP contribution is 2.35. The Kier molecular flexibility index (Phi) is 6.64. The molecule has 2 N–H and O–H groups in total. The van der Waals surface area contributed by atoms with Gasteiger partial charge in [-0.25, -0.2) is 4.79 Å². The fourth-order valence-electron chi connectivity index (χ4n) is 3.76. The Balaban J connectivity index is 1.68. The van der Waals surface area contributed by atoms with Crippen molar-refractivity contribution in [2.24, 2.45) is 0 Å². The maximum atomic E-state index is 12.6. The molecule has 6 nitrogen and oxygen atoms in total. The highest BCUT2D eigenvalue weighted by atomic mass is 16.5. The van der Waals surface area contributed by atoms with Gasteiger partial charge in [0.2, 0.25) is 0 Å². The molecular weight excluding hydrogens is 366 g/mol. The number of carbonyl (C=O) groups excluding carboxylic acids is 1. The van der Waals surface area contributed by atoms with Gasteiger partial charge in [-0.2, -0.15) is 0 Å². The van der Waals surface area contributed by atoms with Gasteiger partial charge in [-0.15, -0.1) is 0 Å². The normalized spacial score (nSPS) is 15.4. The summed E-state index contributed by atoms with van der Waals surface area (Å²) in [4.78, 5) is 14.7. The molecule has 0 atom stereocenters. The Morgan fingerprint density at radius 3 is 2.41 bits per heavy atom. The number of nitrogens with one attached hydrogen (secondary N) is 2. The molecule has 0 saturated carbocycles. The van der Waals surface area contributed by atoms with Gasteiger partial charge < -0.3 is 25.0 Å². The van der Waals surface area contributed by atoms with Gasteiger partial charge >= 0.3 is 6.03 Å². The van der Waals surface area contributed by atoms with E-state index in [2.05, 4.69) is 28.8 Å². The second kappa shape index (κ2) is 9.18. The van der Waals surface area contributed by atoms with Gasteiger partial charge in [-0.3, -0.25) is 0 Å². The van der Waals surface area contributed by atoms with Crippen LogP contribution in [0.1, 0.15) is 24.0 Å². The van der Waals surface area contributed by atoms with E-state index >= 15 is 0 Å². The van der Waals surface area contributed by atoms with Gasteiger partial charge in [0.05, 0.1) is 7.11 Å². The summed E-state index contributed by atoms with van der Waals surface area (Å²) in [7, 11) is 5.67. The van der Waals surface area contributed by atoms with E-state index in [9.17, 15) is 4.79 Å². The first-order valence-electron chi connectivity index (χ1n) is 9.99. The average Bonchev–Trinajstić information content (AvgIpc) is 2.74. The van der Waals surface area contributed by atoms with E-state index in [4.69, 9.17) is 9.47 Å². The molecule has 1 saturated heterocycles. The van der Waals surface area contributed by atoms with Gasteiger partial charge in [0.15, 0.2) is 0 Å². The number of hydrogen-bond acceptors (Lipinski definition) is 4. The van der Waals surface area contributed by atoms with E-state index in [1.54, 1.807) is 7.11 Å². The van der Waals surface area contributed by atoms with Gasteiger partial charge in [0.1, 0.15) is 5.75 Å². The monoisotopic (exact) mass is 397 g/mol. The topological polar surface area (TPSA) is 62.8 Å². The van der Waals surface area contributed by atoms with Crippen LogP contribution < -0.4 is 20.3 Å². The summed E-state index contributed by atoms with van der Waals surface area (Å²) in [6.45, 7) is 3.95. The van der Waals surface area contributed by atoms with Gasteiger partial charge in [-0.1, -0.05) is 12.1 Å². The maximum Gasteiger partial charge on any atom is 0.319 e. The van der Waals surface area contributed by atoms with Gasteiger partial charge in [-0.05, 0) is 61.2 Å². The van der Waals surface area contributed by atoms with Crippen molar-refractivity contribution in [1.29, 1.82) is 0 Å². The number of amides is 2. The number of urea groups is 1. The summed E-state index contributed by atoms with van der Waals surface area (Å²) in [5, 5.41) is 6.07. The largest absolute Gasteiger partial charge is 0.497 e. The smallest absolute Gasteiger partial charge is 0.319 e. The third-order valence-corrected chi connectivity index (χ3v) is 5.71. The second-order valence-electron chi connectivity index (χ2n) is 7.82. The molecule has 0 aliphatic carbocycles. The SMILES string of the molecule is COc1ccc(C2(CNC(=O)Nc3ccc(N(C)C)cc3C)CCOCC2)cc1. The molecule has 2 amide bonds. The Hall–Kier alpha value is -2.73. The zero-order valence-corrected chi connectivity index (χ0v) is 17.7. The van der Waals surface area contributed by atoms with E-state index in [0.29, 0.717) is 19.8 Å². The predicted molar refractivity (Wildman–Crippen MR) is 117 cm³/mol. The van der Waals surface area contributed by atoms with Crippen LogP contribution in [0.3, 0.4) is 0 Å². The Labute approximate surface area is 173 Å². The van der Waals surface area contributed by atoms with Crippen molar-refractivity contribution in [3.05, 3.63) is 53.6 Å². The molecule has 0 unspecified atom stereocenters. The predicted octanol–water partition coefficient (Wildman–Crippen LogP) is 3.94. The Morgan fingerprint density at radius 1 is 1.14 bits per heavy atom. The standard InChI is InChI=1S/C23H31N3O3/c1-17-15-19(26(2)3)7-10-21(17)25-22(27)24-16-23(11-13-29-14-12-23)18-5-8-20(28-4)9-6-18/h5-10,15H,11-14,16H2,1-4H3,(H2,24,25,27). The van der Waals surface area contributed by atoms with Crippen LogP contribution in [-0.4, -0.2) is 47.0 Å². The Bertz CT molecular complexity index is 828. The Morgan fingerprint density at radius 2 is 1.83 bits per heavy atom. The van der Waals surface area contributed by atoms with Crippen molar-refractivity contribution in [2.75, 3.05) is 51.2 Å². The molecule has 6 heteroatoms. The lowest BCUT2D eigenvalue weighted by Gasteiger charge is -2.38. The third kappa shape index (κ3) is 5.01. The van der Waals surface area contributed by atoms with Crippen LogP contribution in [0.25, 0.3) is 0 Å². The van der Waals surface area contributed by atoms with E-state index in [1.165, 1.54) is 5.56 Å². The van der Waals surface area contributed by atoms with E-state index < -0.39 is 0 Å². The molecule has 29 heavy (non-hydrogen) atoms. The molecule has 0 bridgehead atoms. The minimum absolute atomic E-state index is 0.133. The van der Waals surface area contributed by atoms with Crippen LogP contribution in [0.5, 0.6) is 5.75 Å². The van der Waals surface area contributed by atoms with Crippen LogP contribution in [0, 0.1) is 6.92 Å². The number of benzene rings is 2. The van der Waals surface area contributed by atoms with E-state index in [1.807, 2.05) is 50.2 Å². The van der Waals surface area contributed by atoms with E-state index in [0.717, 1.165) is 35.5 Å². The number of ether oxygens (including phenoxy) is 2. The summed E-state index contributed by atoms with van der Waals surface area (Å²) < 4.78 is 10.9. The first kappa shape index (κ1) is 21.0. The zero-order chi connectivity index (χ0) is 20.9.